The fourth-order valence-corrected chi connectivity index (χ4v) is 3.23. The molecule has 0 aliphatic carbocycles. The first-order valence-electron chi connectivity index (χ1n) is 9.27. The molecule has 3 rings (SSSR count). The highest BCUT2D eigenvalue weighted by atomic mass is 16.6. The summed E-state index contributed by atoms with van der Waals surface area (Å²) in [6, 6.07) is 14.3. The average molecular weight is 381 g/mol. The number of anilines is 1. The molecule has 2 aromatic rings. The number of hydrogen-bond donors (Lipinski definition) is 0. The van der Waals surface area contributed by atoms with Gasteiger partial charge >= 0.3 is 0 Å². The van der Waals surface area contributed by atoms with Crippen LogP contribution in [0.4, 0.5) is 11.4 Å². The van der Waals surface area contributed by atoms with Gasteiger partial charge in [-0.1, -0.05) is 30.3 Å². The number of piperazine rings is 1. The number of para-hydroxylation sites is 3. The molecule has 1 amide bonds. The highest BCUT2D eigenvalue weighted by molar-refractivity contribution is 5.92. The van der Waals surface area contributed by atoms with Crippen LogP contribution in [0.3, 0.4) is 0 Å². The van der Waals surface area contributed by atoms with Gasteiger partial charge in [-0.05, 0) is 25.1 Å². The molecule has 0 spiro atoms. The lowest BCUT2D eigenvalue weighted by atomic mass is 10.1. The minimum absolute atomic E-state index is 0.0755. The smallest absolute Gasteiger partial charge is 0.292 e. The van der Waals surface area contributed by atoms with Crippen LogP contribution in [0.2, 0.25) is 0 Å². The molecular formula is C21H23N3O4. The Morgan fingerprint density at radius 1 is 1.11 bits per heavy atom. The van der Waals surface area contributed by atoms with Crippen molar-refractivity contribution in [2.45, 2.75) is 6.92 Å². The third kappa shape index (κ3) is 4.49. The quantitative estimate of drug-likeness (QED) is 0.436. The average Bonchev–Trinajstić information content (AvgIpc) is 2.73. The van der Waals surface area contributed by atoms with Crippen LogP contribution in [-0.2, 0) is 4.79 Å². The first-order valence-corrected chi connectivity index (χ1v) is 9.27. The van der Waals surface area contributed by atoms with Crippen LogP contribution in [0, 0.1) is 10.1 Å². The molecule has 1 fully saturated rings. The molecule has 7 heteroatoms. The van der Waals surface area contributed by atoms with Crippen LogP contribution in [0.1, 0.15) is 12.5 Å². The van der Waals surface area contributed by atoms with E-state index in [-0.39, 0.29) is 16.5 Å². The minimum atomic E-state index is -0.370. The summed E-state index contributed by atoms with van der Waals surface area (Å²) < 4.78 is 5.57. The number of benzene rings is 2. The van der Waals surface area contributed by atoms with Gasteiger partial charge in [-0.15, -0.1) is 0 Å². The van der Waals surface area contributed by atoms with Crippen LogP contribution in [0.25, 0.3) is 6.08 Å². The van der Waals surface area contributed by atoms with E-state index in [2.05, 4.69) is 0 Å². The minimum Gasteiger partial charge on any atom is -0.493 e. The number of nitro groups is 1. The van der Waals surface area contributed by atoms with Gasteiger partial charge in [0.05, 0.1) is 11.5 Å². The van der Waals surface area contributed by atoms with Gasteiger partial charge in [-0.2, -0.15) is 0 Å². The van der Waals surface area contributed by atoms with Gasteiger partial charge in [0.2, 0.25) is 5.91 Å². The van der Waals surface area contributed by atoms with Gasteiger partial charge in [-0.25, -0.2) is 0 Å². The number of hydrogen-bond acceptors (Lipinski definition) is 5. The highest BCUT2D eigenvalue weighted by Gasteiger charge is 2.24. The summed E-state index contributed by atoms with van der Waals surface area (Å²) in [4.78, 5) is 27.1. The largest absolute Gasteiger partial charge is 0.493 e. The molecule has 1 heterocycles. The van der Waals surface area contributed by atoms with Crippen molar-refractivity contribution in [3.05, 3.63) is 70.3 Å². The summed E-state index contributed by atoms with van der Waals surface area (Å²) in [6.45, 7) is 4.62. The molecular weight excluding hydrogens is 358 g/mol. The Bertz CT molecular complexity index is 873. The number of nitro benzene ring substituents is 1. The number of carbonyl (C=O) groups excluding carboxylic acids is 1. The van der Waals surface area contributed by atoms with E-state index in [1.807, 2.05) is 36.1 Å². The third-order valence-corrected chi connectivity index (χ3v) is 4.63. The fraction of sp³-hybridized carbons (Fsp3) is 0.286. The molecule has 0 saturated carbocycles. The van der Waals surface area contributed by atoms with Crippen LogP contribution in [-0.4, -0.2) is 48.5 Å². The second kappa shape index (κ2) is 9.03. The van der Waals surface area contributed by atoms with Gasteiger partial charge in [0.15, 0.2) is 0 Å². The van der Waals surface area contributed by atoms with E-state index in [4.69, 9.17) is 4.74 Å². The topological polar surface area (TPSA) is 75.9 Å². The molecule has 1 aliphatic rings. The number of ether oxygens (including phenoxy) is 1. The molecule has 28 heavy (non-hydrogen) atoms. The zero-order valence-electron chi connectivity index (χ0n) is 15.8. The maximum atomic E-state index is 12.5. The van der Waals surface area contributed by atoms with Crippen LogP contribution in [0.15, 0.2) is 54.6 Å². The second-order valence-electron chi connectivity index (χ2n) is 6.36. The summed E-state index contributed by atoms with van der Waals surface area (Å²) in [5, 5.41) is 11.2. The molecule has 0 aromatic heterocycles. The van der Waals surface area contributed by atoms with Gasteiger partial charge in [-0.3, -0.25) is 14.9 Å². The Balaban J connectivity index is 1.63. The lowest BCUT2D eigenvalue weighted by Gasteiger charge is -2.35. The monoisotopic (exact) mass is 381 g/mol. The Morgan fingerprint density at radius 2 is 1.79 bits per heavy atom. The summed E-state index contributed by atoms with van der Waals surface area (Å²) in [7, 11) is 0. The Kier molecular flexibility index (Phi) is 6.26. The van der Waals surface area contributed by atoms with Gasteiger partial charge in [0.25, 0.3) is 5.69 Å². The normalized spacial score (nSPS) is 14.3. The van der Waals surface area contributed by atoms with E-state index in [1.165, 1.54) is 6.07 Å². The zero-order valence-corrected chi connectivity index (χ0v) is 15.8. The molecule has 0 N–H and O–H groups in total. The predicted molar refractivity (Wildman–Crippen MR) is 109 cm³/mol. The Hall–Kier alpha value is -3.35. The SMILES string of the molecule is CCOc1ccccc1C=CC(=O)N1CCN(c2ccccc2[N+](=O)[O-])CC1. The van der Waals surface area contributed by atoms with Crippen molar-refractivity contribution in [3.63, 3.8) is 0 Å². The van der Waals surface area contributed by atoms with Crippen molar-refractivity contribution in [2.24, 2.45) is 0 Å². The van der Waals surface area contributed by atoms with Crippen molar-refractivity contribution in [2.75, 3.05) is 37.7 Å². The predicted octanol–water partition coefficient (Wildman–Crippen LogP) is 3.36. The maximum absolute atomic E-state index is 12.5. The maximum Gasteiger partial charge on any atom is 0.292 e. The lowest BCUT2D eigenvalue weighted by molar-refractivity contribution is -0.384. The molecule has 0 bridgehead atoms. The molecule has 0 unspecified atom stereocenters. The second-order valence-corrected chi connectivity index (χ2v) is 6.36. The van der Waals surface area contributed by atoms with E-state index >= 15 is 0 Å². The van der Waals surface area contributed by atoms with Crippen molar-refractivity contribution in [3.8, 4) is 5.75 Å². The van der Waals surface area contributed by atoms with Crippen LogP contribution < -0.4 is 9.64 Å². The highest BCUT2D eigenvalue weighted by Crippen LogP contribution is 2.28. The number of amides is 1. The zero-order chi connectivity index (χ0) is 19.9. The van der Waals surface area contributed by atoms with Gasteiger partial charge in [0, 0.05) is 43.9 Å². The van der Waals surface area contributed by atoms with Crippen molar-refractivity contribution >= 4 is 23.4 Å². The van der Waals surface area contributed by atoms with E-state index in [0.29, 0.717) is 38.5 Å². The Labute approximate surface area is 164 Å². The van der Waals surface area contributed by atoms with Crippen molar-refractivity contribution in [1.82, 2.24) is 4.90 Å². The summed E-state index contributed by atoms with van der Waals surface area (Å²) in [5.41, 5.74) is 1.55. The molecule has 2 aromatic carbocycles. The van der Waals surface area contributed by atoms with Crippen molar-refractivity contribution in [1.29, 1.82) is 0 Å². The molecule has 0 atom stereocenters. The van der Waals surface area contributed by atoms with Gasteiger partial charge in [0.1, 0.15) is 11.4 Å². The Morgan fingerprint density at radius 3 is 2.50 bits per heavy atom. The number of rotatable bonds is 6. The van der Waals surface area contributed by atoms with E-state index in [0.717, 1.165) is 11.3 Å². The number of nitrogens with zero attached hydrogens (tertiary/aromatic N) is 3. The molecule has 0 radical (unpaired) electrons. The van der Waals surface area contributed by atoms with Gasteiger partial charge < -0.3 is 14.5 Å². The molecule has 146 valence electrons. The summed E-state index contributed by atoms with van der Waals surface area (Å²) >= 11 is 0. The first-order chi connectivity index (χ1) is 13.6. The van der Waals surface area contributed by atoms with Crippen LogP contribution >= 0.6 is 0 Å². The standard InChI is InChI=1S/C21H23N3O4/c1-2-28-20-10-6-3-7-17(20)11-12-21(25)23-15-13-22(14-16-23)18-8-4-5-9-19(18)24(26)27/h3-12H,2,13-16H2,1H3. The molecule has 1 saturated heterocycles. The first kappa shape index (κ1) is 19.4. The molecule has 1 aliphatic heterocycles. The van der Waals surface area contributed by atoms with E-state index in [1.54, 1.807) is 35.3 Å². The van der Waals surface area contributed by atoms with E-state index in [9.17, 15) is 14.9 Å². The fourth-order valence-electron chi connectivity index (χ4n) is 3.23. The number of carbonyl (C=O) groups is 1. The van der Waals surface area contributed by atoms with Crippen molar-refractivity contribution < 1.29 is 14.5 Å². The van der Waals surface area contributed by atoms with E-state index < -0.39 is 0 Å². The third-order valence-electron chi connectivity index (χ3n) is 4.63. The summed E-state index contributed by atoms with van der Waals surface area (Å²) in [5.74, 6) is 0.670. The molecule has 7 nitrogen and oxygen atoms in total. The summed E-state index contributed by atoms with van der Waals surface area (Å²) in [6.07, 6.45) is 3.32. The van der Waals surface area contributed by atoms with Crippen LogP contribution in [0.5, 0.6) is 5.75 Å². The lowest BCUT2D eigenvalue weighted by Crippen LogP contribution is -2.48.